The van der Waals surface area contributed by atoms with Crippen molar-refractivity contribution in [3.63, 3.8) is 0 Å². The van der Waals surface area contributed by atoms with Crippen LogP contribution < -0.4 is 5.32 Å². The summed E-state index contributed by atoms with van der Waals surface area (Å²) in [6.07, 6.45) is 2.46. The molecule has 3 rings (SSSR count). The minimum atomic E-state index is 0.611. The summed E-state index contributed by atoms with van der Waals surface area (Å²) in [5.74, 6) is 0.726. The van der Waals surface area contributed by atoms with Crippen molar-refractivity contribution in [3.8, 4) is 0 Å². The average molecular weight is 316 g/mol. The standard InChI is InChI=1S/C17H18BrN/c1-12-4-2-5-13(8-12)14-9-17(10-14)19-16-7-3-6-15(18)11-16/h2-8,11,14,17,19H,9-10H2,1H3. The van der Waals surface area contributed by atoms with Crippen molar-refractivity contribution in [2.24, 2.45) is 0 Å². The SMILES string of the molecule is Cc1cccc(C2CC(Nc3cccc(Br)c3)C2)c1. The monoisotopic (exact) mass is 315 g/mol. The van der Waals surface area contributed by atoms with Crippen LogP contribution in [0.5, 0.6) is 0 Å². The molecule has 1 aliphatic carbocycles. The molecule has 0 heterocycles. The van der Waals surface area contributed by atoms with E-state index in [1.165, 1.54) is 29.7 Å². The summed E-state index contributed by atoms with van der Waals surface area (Å²) in [4.78, 5) is 0. The molecule has 19 heavy (non-hydrogen) atoms. The van der Waals surface area contributed by atoms with Crippen LogP contribution in [0.15, 0.2) is 53.0 Å². The number of halogens is 1. The minimum absolute atomic E-state index is 0.611. The second kappa shape index (κ2) is 5.38. The molecule has 0 aliphatic heterocycles. The maximum Gasteiger partial charge on any atom is 0.0353 e. The Morgan fingerprint density at radius 1 is 1.05 bits per heavy atom. The number of hydrogen-bond acceptors (Lipinski definition) is 1. The Morgan fingerprint density at radius 2 is 1.84 bits per heavy atom. The second-order valence-electron chi connectivity index (χ2n) is 5.43. The molecule has 2 aromatic carbocycles. The molecule has 2 aromatic rings. The molecular formula is C17H18BrN. The number of aryl methyl sites for hydroxylation is 1. The van der Waals surface area contributed by atoms with Gasteiger partial charge >= 0.3 is 0 Å². The van der Waals surface area contributed by atoms with Crippen molar-refractivity contribution in [1.29, 1.82) is 0 Å². The normalized spacial score (nSPS) is 21.8. The van der Waals surface area contributed by atoms with Crippen molar-refractivity contribution in [2.75, 3.05) is 5.32 Å². The largest absolute Gasteiger partial charge is 0.382 e. The van der Waals surface area contributed by atoms with E-state index in [9.17, 15) is 0 Å². The second-order valence-corrected chi connectivity index (χ2v) is 6.35. The van der Waals surface area contributed by atoms with Crippen LogP contribution in [0.1, 0.15) is 29.9 Å². The van der Waals surface area contributed by atoms with Gasteiger partial charge in [0.1, 0.15) is 0 Å². The fraction of sp³-hybridized carbons (Fsp3) is 0.294. The maximum atomic E-state index is 3.60. The Balaban J connectivity index is 1.58. The van der Waals surface area contributed by atoms with Crippen LogP contribution in [0.3, 0.4) is 0 Å². The molecule has 1 fully saturated rings. The highest BCUT2D eigenvalue weighted by atomic mass is 79.9. The third-order valence-corrected chi connectivity index (χ3v) is 4.34. The van der Waals surface area contributed by atoms with Gasteiger partial charge in [-0.05, 0) is 49.4 Å². The fourth-order valence-electron chi connectivity index (χ4n) is 2.75. The van der Waals surface area contributed by atoms with Crippen LogP contribution in [0.2, 0.25) is 0 Å². The quantitative estimate of drug-likeness (QED) is 0.829. The van der Waals surface area contributed by atoms with Gasteiger partial charge in [0.15, 0.2) is 0 Å². The Kier molecular flexibility index (Phi) is 3.61. The first-order valence-corrected chi connectivity index (χ1v) is 7.59. The van der Waals surface area contributed by atoms with E-state index in [4.69, 9.17) is 0 Å². The van der Waals surface area contributed by atoms with Crippen molar-refractivity contribution in [1.82, 2.24) is 0 Å². The summed E-state index contributed by atoms with van der Waals surface area (Å²) >= 11 is 3.51. The summed E-state index contributed by atoms with van der Waals surface area (Å²) in [5, 5.41) is 3.60. The molecule has 0 bridgehead atoms. The van der Waals surface area contributed by atoms with Gasteiger partial charge in [0.25, 0.3) is 0 Å². The van der Waals surface area contributed by atoms with Crippen molar-refractivity contribution >= 4 is 21.6 Å². The van der Waals surface area contributed by atoms with Crippen molar-refractivity contribution in [3.05, 3.63) is 64.1 Å². The van der Waals surface area contributed by atoms with Crippen LogP contribution in [0.25, 0.3) is 0 Å². The zero-order valence-electron chi connectivity index (χ0n) is 11.1. The van der Waals surface area contributed by atoms with Gasteiger partial charge in [0.05, 0.1) is 0 Å². The fourth-order valence-corrected chi connectivity index (χ4v) is 3.15. The summed E-state index contributed by atoms with van der Waals surface area (Å²) in [7, 11) is 0. The van der Waals surface area contributed by atoms with Crippen LogP contribution in [-0.2, 0) is 0 Å². The smallest absolute Gasteiger partial charge is 0.0353 e. The topological polar surface area (TPSA) is 12.0 Å². The highest BCUT2D eigenvalue weighted by molar-refractivity contribution is 9.10. The summed E-state index contributed by atoms with van der Waals surface area (Å²) in [5.41, 5.74) is 4.07. The summed E-state index contributed by atoms with van der Waals surface area (Å²) < 4.78 is 1.13. The Morgan fingerprint density at radius 3 is 2.58 bits per heavy atom. The van der Waals surface area contributed by atoms with E-state index in [1.54, 1.807) is 0 Å². The van der Waals surface area contributed by atoms with Crippen molar-refractivity contribution in [2.45, 2.75) is 31.7 Å². The molecule has 0 amide bonds. The van der Waals surface area contributed by atoms with E-state index >= 15 is 0 Å². The predicted molar refractivity (Wildman–Crippen MR) is 84.7 cm³/mol. The third-order valence-electron chi connectivity index (χ3n) is 3.85. The molecule has 0 saturated heterocycles. The molecule has 1 nitrogen and oxygen atoms in total. The third kappa shape index (κ3) is 3.01. The first-order valence-electron chi connectivity index (χ1n) is 6.79. The highest BCUT2D eigenvalue weighted by Gasteiger charge is 2.30. The molecule has 98 valence electrons. The van der Waals surface area contributed by atoms with Gasteiger partial charge in [0.2, 0.25) is 0 Å². The zero-order chi connectivity index (χ0) is 13.2. The lowest BCUT2D eigenvalue weighted by Crippen LogP contribution is -2.33. The maximum absolute atomic E-state index is 3.60. The Labute approximate surface area is 123 Å². The molecular weight excluding hydrogens is 298 g/mol. The minimum Gasteiger partial charge on any atom is -0.382 e. The van der Waals surface area contributed by atoms with E-state index in [0.717, 1.165) is 10.4 Å². The lowest BCUT2D eigenvalue weighted by molar-refractivity contribution is 0.374. The predicted octanol–water partition coefficient (Wildman–Crippen LogP) is 5.12. The highest BCUT2D eigenvalue weighted by Crippen LogP contribution is 2.38. The number of rotatable bonds is 3. The Hall–Kier alpha value is -1.28. The van der Waals surface area contributed by atoms with Gasteiger partial charge in [-0.2, -0.15) is 0 Å². The number of benzene rings is 2. The van der Waals surface area contributed by atoms with E-state index in [-0.39, 0.29) is 0 Å². The van der Waals surface area contributed by atoms with E-state index in [0.29, 0.717) is 6.04 Å². The van der Waals surface area contributed by atoms with Crippen LogP contribution in [-0.4, -0.2) is 6.04 Å². The first-order chi connectivity index (χ1) is 9.20. The van der Waals surface area contributed by atoms with Gasteiger partial charge in [-0.3, -0.25) is 0 Å². The van der Waals surface area contributed by atoms with Crippen LogP contribution in [0, 0.1) is 6.92 Å². The van der Waals surface area contributed by atoms with Gasteiger partial charge in [-0.25, -0.2) is 0 Å². The van der Waals surface area contributed by atoms with Gasteiger partial charge < -0.3 is 5.32 Å². The number of nitrogens with one attached hydrogen (secondary N) is 1. The number of hydrogen-bond donors (Lipinski definition) is 1. The Bertz CT molecular complexity index is 573. The van der Waals surface area contributed by atoms with Gasteiger partial charge in [-0.1, -0.05) is 51.8 Å². The molecule has 0 unspecified atom stereocenters. The van der Waals surface area contributed by atoms with Crippen molar-refractivity contribution < 1.29 is 0 Å². The van der Waals surface area contributed by atoms with Crippen LogP contribution in [0.4, 0.5) is 5.69 Å². The molecule has 1 saturated carbocycles. The molecule has 1 aliphatic rings. The first kappa shape index (κ1) is 12.7. The van der Waals surface area contributed by atoms with E-state index in [1.807, 2.05) is 0 Å². The molecule has 0 aromatic heterocycles. The molecule has 0 atom stereocenters. The molecule has 2 heteroatoms. The van der Waals surface area contributed by atoms with Crippen LogP contribution >= 0.6 is 15.9 Å². The van der Waals surface area contributed by atoms with E-state index in [2.05, 4.69) is 76.7 Å². The summed E-state index contributed by atoms with van der Waals surface area (Å²) in [6.45, 7) is 2.17. The average Bonchev–Trinajstić information content (AvgIpc) is 2.33. The molecule has 0 radical (unpaired) electrons. The van der Waals surface area contributed by atoms with E-state index < -0.39 is 0 Å². The molecule has 0 spiro atoms. The summed E-state index contributed by atoms with van der Waals surface area (Å²) in [6, 6.07) is 17.9. The van der Waals surface area contributed by atoms with Gasteiger partial charge in [-0.15, -0.1) is 0 Å². The lowest BCUT2D eigenvalue weighted by atomic mass is 9.75. The number of anilines is 1. The van der Waals surface area contributed by atoms with Gasteiger partial charge in [0, 0.05) is 16.2 Å². The lowest BCUT2D eigenvalue weighted by Gasteiger charge is -2.37. The molecule has 1 N–H and O–H groups in total. The zero-order valence-corrected chi connectivity index (χ0v) is 12.7.